The van der Waals surface area contributed by atoms with Crippen LogP contribution in [0, 0.1) is 0 Å². The van der Waals surface area contributed by atoms with E-state index in [0.29, 0.717) is 11.5 Å². The Bertz CT molecular complexity index is 1050. The second kappa shape index (κ2) is 4.41. The Hall–Kier alpha value is -2.96. The normalized spacial score (nSPS) is 26.6. The summed E-state index contributed by atoms with van der Waals surface area (Å²) in [6, 6.07) is 14.1. The number of benzene rings is 3. The molecular formula is C20H14O6. The van der Waals surface area contributed by atoms with Gasteiger partial charge in [0.15, 0.2) is 6.10 Å². The summed E-state index contributed by atoms with van der Waals surface area (Å²) in [6.45, 7) is 0. The Morgan fingerprint density at radius 3 is 2.19 bits per heavy atom. The predicted molar refractivity (Wildman–Crippen MR) is 90.3 cm³/mol. The van der Waals surface area contributed by atoms with Crippen LogP contribution in [0.1, 0.15) is 17.2 Å². The standard InChI is InChI=1S/C20H14O6/c21-10-7-8-11(22)16-15(10)17(23)18-19(24-18)20(16)25-12-5-1-3-9-4-2-6-13(26-20)14(9)12/h1-8,17-19,21-23H/t17-,18-,19-/m0/s1. The van der Waals surface area contributed by atoms with E-state index in [2.05, 4.69) is 0 Å². The highest BCUT2D eigenvalue weighted by atomic mass is 16.8. The lowest BCUT2D eigenvalue weighted by Crippen LogP contribution is -2.50. The number of phenolic OH excluding ortho intramolecular Hbond substituents is 2. The Labute approximate surface area is 147 Å². The fourth-order valence-corrected chi connectivity index (χ4v) is 4.25. The third-order valence-corrected chi connectivity index (χ3v) is 5.41. The molecule has 2 aliphatic heterocycles. The highest BCUT2D eigenvalue weighted by Gasteiger charge is 2.69. The molecule has 6 rings (SSSR count). The minimum absolute atomic E-state index is 0.127. The molecule has 26 heavy (non-hydrogen) atoms. The molecule has 0 amide bonds. The van der Waals surface area contributed by atoms with Crippen LogP contribution >= 0.6 is 0 Å². The lowest BCUT2D eigenvalue weighted by molar-refractivity contribution is -0.149. The van der Waals surface area contributed by atoms with E-state index in [4.69, 9.17) is 14.2 Å². The Morgan fingerprint density at radius 2 is 1.50 bits per heavy atom. The van der Waals surface area contributed by atoms with Gasteiger partial charge < -0.3 is 29.5 Å². The Kier molecular flexibility index (Phi) is 2.41. The first kappa shape index (κ1) is 14.2. The van der Waals surface area contributed by atoms with Crippen molar-refractivity contribution in [2.45, 2.75) is 24.1 Å². The van der Waals surface area contributed by atoms with Crippen LogP contribution in [-0.2, 0) is 10.5 Å². The van der Waals surface area contributed by atoms with Gasteiger partial charge in [0.2, 0.25) is 0 Å². The van der Waals surface area contributed by atoms with Gasteiger partial charge in [-0.15, -0.1) is 0 Å². The van der Waals surface area contributed by atoms with E-state index in [1.165, 1.54) is 12.1 Å². The molecule has 130 valence electrons. The van der Waals surface area contributed by atoms with E-state index >= 15 is 0 Å². The van der Waals surface area contributed by atoms with Crippen LogP contribution in [0.25, 0.3) is 10.8 Å². The van der Waals surface area contributed by atoms with Crippen molar-refractivity contribution in [3.8, 4) is 23.0 Å². The molecule has 0 bridgehead atoms. The maximum absolute atomic E-state index is 10.6. The molecule has 2 heterocycles. The number of ether oxygens (including phenoxy) is 3. The van der Waals surface area contributed by atoms with Crippen LogP contribution in [0.4, 0.5) is 0 Å². The highest BCUT2D eigenvalue weighted by Crippen LogP contribution is 2.60. The van der Waals surface area contributed by atoms with Crippen LogP contribution in [0.5, 0.6) is 23.0 Å². The molecule has 3 aromatic rings. The van der Waals surface area contributed by atoms with E-state index in [0.717, 1.165) is 10.8 Å². The van der Waals surface area contributed by atoms with Crippen LogP contribution < -0.4 is 9.47 Å². The van der Waals surface area contributed by atoms with Crippen molar-refractivity contribution in [3.05, 3.63) is 59.7 Å². The van der Waals surface area contributed by atoms with Gasteiger partial charge in [-0.2, -0.15) is 0 Å². The second-order valence-corrected chi connectivity index (χ2v) is 6.84. The van der Waals surface area contributed by atoms with Crippen molar-refractivity contribution in [3.63, 3.8) is 0 Å². The van der Waals surface area contributed by atoms with E-state index in [-0.39, 0.29) is 22.6 Å². The summed E-state index contributed by atoms with van der Waals surface area (Å²) in [5.41, 5.74) is 0.380. The summed E-state index contributed by atoms with van der Waals surface area (Å²) in [4.78, 5) is 0. The SMILES string of the molecule is Oc1ccc(O)c2c1[C@H](O)[C@@H]1O[C@@H]1C21Oc2cccc3cccc(c23)O1. The van der Waals surface area contributed by atoms with Gasteiger partial charge in [0.25, 0.3) is 0 Å². The third-order valence-electron chi connectivity index (χ3n) is 5.41. The van der Waals surface area contributed by atoms with E-state index < -0.39 is 24.1 Å². The predicted octanol–water partition coefficient (Wildman–Crippen LogP) is 2.69. The first-order valence-electron chi connectivity index (χ1n) is 8.39. The van der Waals surface area contributed by atoms with E-state index in [1.807, 2.05) is 36.4 Å². The van der Waals surface area contributed by atoms with Gasteiger partial charge in [-0.1, -0.05) is 24.3 Å². The molecule has 3 aromatic carbocycles. The topological polar surface area (TPSA) is 91.7 Å². The van der Waals surface area contributed by atoms with Gasteiger partial charge in [0, 0.05) is 5.56 Å². The molecule has 6 nitrogen and oxygen atoms in total. The Morgan fingerprint density at radius 1 is 0.846 bits per heavy atom. The molecule has 1 fully saturated rings. The van der Waals surface area contributed by atoms with Crippen molar-refractivity contribution >= 4 is 10.8 Å². The molecule has 0 aromatic heterocycles. The molecule has 0 radical (unpaired) electrons. The number of hydrogen-bond acceptors (Lipinski definition) is 6. The minimum Gasteiger partial charge on any atom is -0.508 e. The number of aliphatic hydroxyl groups is 1. The van der Waals surface area contributed by atoms with Crippen molar-refractivity contribution in [2.24, 2.45) is 0 Å². The van der Waals surface area contributed by atoms with Crippen LogP contribution in [0.15, 0.2) is 48.5 Å². The first-order valence-corrected chi connectivity index (χ1v) is 8.39. The third kappa shape index (κ3) is 1.54. The molecule has 1 saturated heterocycles. The number of aliphatic hydroxyl groups excluding tert-OH is 1. The number of epoxide rings is 1. The fourth-order valence-electron chi connectivity index (χ4n) is 4.25. The summed E-state index contributed by atoms with van der Waals surface area (Å²) >= 11 is 0. The van der Waals surface area contributed by atoms with Gasteiger partial charge in [0.1, 0.15) is 35.2 Å². The molecule has 1 aliphatic carbocycles. The van der Waals surface area contributed by atoms with Crippen LogP contribution in [0.3, 0.4) is 0 Å². The lowest BCUT2D eigenvalue weighted by Gasteiger charge is -2.41. The zero-order chi connectivity index (χ0) is 17.6. The summed E-state index contributed by atoms with van der Waals surface area (Å²) in [5, 5.41) is 33.2. The Balaban J connectivity index is 1.66. The summed E-state index contributed by atoms with van der Waals surface area (Å²) in [6.07, 6.45) is -2.23. The molecule has 0 saturated carbocycles. The molecule has 3 N–H and O–H groups in total. The van der Waals surface area contributed by atoms with Gasteiger partial charge >= 0.3 is 5.79 Å². The highest BCUT2D eigenvalue weighted by molar-refractivity contribution is 5.94. The number of phenols is 2. The molecule has 1 spiro atoms. The molecule has 6 heteroatoms. The maximum Gasteiger partial charge on any atom is 0.311 e. The van der Waals surface area contributed by atoms with Crippen molar-refractivity contribution in [1.29, 1.82) is 0 Å². The molecule has 3 aliphatic rings. The zero-order valence-corrected chi connectivity index (χ0v) is 13.4. The fraction of sp³-hybridized carbons (Fsp3) is 0.200. The van der Waals surface area contributed by atoms with Gasteiger partial charge in [0.05, 0.1) is 10.9 Å². The summed E-state index contributed by atoms with van der Waals surface area (Å²) < 4.78 is 18.2. The van der Waals surface area contributed by atoms with Crippen LogP contribution in [-0.4, -0.2) is 27.5 Å². The van der Waals surface area contributed by atoms with Gasteiger partial charge in [-0.25, -0.2) is 0 Å². The number of hydrogen-bond donors (Lipinski definition) is 3. The number of aromatic hydroxyl groups is 2. The first-order chi connectivity index (χ1) is 12.6. The van der Waals surface area contributed by atoms with Gasteiger partial charge in [-0.3, -0.25) is 0 Å². The average molecular weight is 350 g/mol. The van der Waals surface area contributed by atoms with Crippen LogP contribution in [0.2, 0.25) is 0 Å². The van der Waals surface area contributed by atoms with E-state index in [9.17, 15) is 15.3 Å². The molecular weight excluding hydrogens is 336 g/mol. The summed E-state index contributed by atoms with van der Waals surface area (Å²) in [5.74, 6) is -0.530. The number of fused-ring (bicyclic) bond motifs is 4. The van der Waals surface area contributed by atoms with E-state index in [1.54, 1.807) is 0 Å². The zero-order valence-electron chi connectivity index (χ0n) is 13.4. The largest absolute Gasteiger partial charge is 0.508 e. The summed E-state index contributed by atoms with van der Waals surface area (Å²) in [7, 11) is 0. The smallest absolute Gasteiger partial charge is 0.311 e. The van der Waals surface area contributed by atoms with Crippen molar-refractivity contribution in [1.82, 2.24) is 0 Å². The lowest BCUT2D eigenvalue weighted by atomic mass is 9.82. The second-order valence-electron chi connectivity index (χ2n) is 6.84. The molecule has 3 atom stereocenters. The average Bonchev–Trinajstić information content (AvgIpc) is 3.44. The minimum atomic E-state index is -1.47. The van der Waals surface area contributed by atoms with Crippen molar-refractivity contribution in [2.75, 3.05) is 0 Å². The number of rotatable bonds is 0. The maximum atomic E-state index is 10.6. The van der Waals surface area contributed by atoms with Crippen molar-refractivity contribution < 1.29 is 29.5 Å². The van der Waals surface area contributed by atoms with Gasteiger partial charge in [-0.05, 0) is 29.7 Å². The molecule has 0 unspecified atom stereocenters. The monoisotopic (exact) mass is 350 g/mol. The quantitative estimate of drug-likeness (QED) is 0.426.